The average Bonchev–Trinajstić information content (AvgIpc) is 2.61. The second-order valence-corrected chi connectivity index (χ2v) is 6.06. The highest BCUT2D eigenvalue weighted by atomic mass is 79.9. The summed E-state index contributed by atoms with van der Waals surface area (Å²) in [6.45, 7) is 0. The van der Waals surface area contributed by atoms with Crippen LogP contribution in [0.25, 0.3) is 11.1 Å². The zero-order valence-electron chi connectivity index (χ0n) is 7.64. The van der Waals surface area contributed by atoms with Crippen LogP contribution in [0.5, 0.6) is 0 Å². The molecule has 0 saturated heterocycles. The summed E-state index contributed by atoms with van der Waals surface area (Å²) in [6, 6.07) is 8.65. The quantitative estimate of drug-likeness (QED) is 0.653. The van der Waals surface area contributed by atoms with Crippen LogP contribution < -0.4 is 0 Å². The van der Waals surface area contributed by atoms with Crippen molar-refractivity contribution < 1.29 is 4.39 Å². The molecule has 0 atom stereocenters. The summed E-state index contributed by atoms with van der Waals surface area (Å²) in [5.41, 5.74) is 2.15. The van der Waals surface area contributed by atoms with E-state index < -0.39 is 0 Å². The van der Waals surface area contributed by atoms with E-state index in [9.17, 15) is 4.39 Å². The van der Waals surface area contributed by atoms with E-state index in [1.54, 1.807) is 23.5 Å². The van der Waals surface area contributed by atoms with Crippen LogP contribution in [0.15, 0.2) is 34.1 Å². The van der Waals surface area contributed by atoms with E-state index in [0.29, 0.717) is 0 Å². The molecule has 15 heavy (non-hydrogen) atoms. The largest absolute Gasteiger partial charge is 0.207 e. The summed E-state index contributed by atoms with van der Waals surface area (Å²) >= 11 is 8.63. The van der Waals surface area contributed by atoms with Crippen molar-refractivity contribution in [2.24, 2.45) is 0 Å². The van der Waals surface area contributed by atoms with Gasteiger partial charge in [0, 0.05) is 15.8 Å². The second kappa shape index (κ2) is 4.76. The van der Waals surface area contributed by atoms with Gasteiger partial charge in [-0.05, 0) is 39.7 Å². The lowest BCUT2D eigenvalue weighted by atomic mass is 10.1. The highest BCUT2D eigenvalue weighted by Gasteiger charge is 2.08. The van der Waals surface area contributed by atoms with Crippen molar-refractivity contribution in [1.29, 1.82) is 0 Å². The van der Waals surface area contributed by atoms with Gasteiger partial charge < -0.3 is 0 Å². The molecule has 1 heterocycles. The molecule has 0 aliphatic carbocycles. The minimum absolute atomic E-state index is 0.203. The molecule has 0 spiro atoms. The third kappa shape index (κ3) is 2.49. The van der Waals surface area contributed by atoms with Crippen molar-refractivity contribution in [2.45, 2.75) is 5.33 Å². The molecule has 4 heteroatoms. The Hall–Kier alpha value is -0.190. The summed E-state index contributed by atoms with van der Waals surface area (Å²) in [5, 5.41) is 0.845. The van der Waals surface area contributed by atoms with E-state index >= 15 is 0 Å². The molecular weight excluding hydrogens is 343 g/mol. The molecule has 0 bridgehead atoms. The molecule has 2 rings (SSSR count). The van der Waals surface area contributed by atoms with Crippen LogP contribution in [-0.2, 0) is 5.33 Å². The molecular formula is C11H7Br2FS. The fourth-order valence-corrected chi connectivity index (χ4v) is 3.53. The molecule has 0 radical (unpaired) electrons. The molecule has 1 aromatic heterocycles. The number of benzene rings is 1. The SMILES string of the molecule is Fc1ccc(-c2cc(CBr)sc2Br)cc1. The summed E-state index contributed by atoms with van der Waals surface area (Å²) in [4.78, 5) is 1.25. The van der Waals surface area contributed by atoms with Gasteiger partial charge in [0.05, 0.1) is 3.79 Å². The van der Waals surface area contributed by atoms with Gasteiger partial charge in [-0.3, -0.25) is 0 Å². The van der Waals surface area contributed by atoms with Gasteiger partial charge in [-0.15, -0.1) is 11.3 Å². The van der Waals surface area contributed by atoms with Crippen molar-refractivity contribution in [1.82, 2.24) is 0 Å². The second-order valence-electron chi connectivity index (χ2n) is 3.04. The van der Waals surface area contributed by atoms with E-state index in [2.05, 4.69) is 37.9 Å². The van der Waals surface area contributed by atoms with E-state index in [4.69, 9.17) is 0 Å². The van der Waals surface area contributed by atoms with Gasteiger partial charge >= 0.3 is 0 Å². The predicted octanol–water partition coefficient (Wildman–Crippen LogP) is 5.21. The Labute approximate surface area is 108 Å². The van der Waals surface area contributed by atoms with Gasteiger partial charge in [0.1, 0.15) is 5.82 Å². The lowest BCUT2D eigenvalue weighted by molar-refractivity contribution is 0.628. The number of rotatable bonds is 2. The normalized spacial score (nSPS) is 10.6. The highest BCUT2D eigenvalue weighted by Crippen LogP contribution is 2.36. The molecule has 0 N–H and O–H groups in total. The minimum Gasteiger partial charge on any atom is -0.207 e. The molecule has 0 nitrogen and oxygen atoms in total. The molecule has 0 unspecified atom stereocenters. The maximum atomic E-state index is 12.8. The Balaban J connectivity index is 2.44. The first kappa shape index (κ1) is 11.3. The van der Waals surface area contributed by atoms with Gasteiger partial charge in [0.15, 0.2) is 0 Å². The average molecular weight is 350 g/mol. The fourth-order valence-electron chi connectivity index (χ4n) is 1.31. The van der Waals surface area contributed by atoms with E-state index in [1.165, 1.54) is 17.0 Å². The molecule has 0 aliphatic heterocycles. The Bertz CT molecular complexity index is 462. The van der Waals surface area contributed by atoms with E-state index in [1.807, 2.05) is 0 Å². The van der Waals surface area contributed by atoms with Crippen LogP contribution in [0.1, 0.15) is 4.88 Å². The van der Waals surface area contributed by atoms with Gasteiger partial charge in [0.2, 0.25) is 0 Å². The van der Waals surface area contributed by atoms with Crippen LogP contribution in [0.3, 0.4) is 0 Å². The maximum absolute atomic E-state index is 12.8. The van der Waals surface area contributed by atoms with Gasteiger partial charge in [0.25, 0.3) is 0 Å². The van der Waals surface area contributed by atoms with Gasteiger partial charge in [-0.1, -0.05) is 28.1 Å². The van der Waals surface area contributed by atoms with E-state index in [0.717, 1.165) is 20.2 Å². The molecule has 2 aromatic rings. The highest BCUT2D eigenvalue weighted by molar-refractivity contribution is 9.11. The zero-order valence-corrected chi connectivity index (χ0v) is 11.6. The first-order valence-electron chi connectivity index (χ1n) is 4.31. The molecule has 0 saturated carbocycles. The Morgan fingerprint density at radius 2 is 1.87 bits per heavy atom. The molecule has 0 aliphatic rings. The summed E-state index contributed by atoms with van der Waals surface area (Å²) < 4.78 is 13.8. The Morgan fingerprint density at radius 3 is 2.40 bits per heavy atom. The Kier molecular flexibility index (Phi) is 3.59. The van der Waals surface area contributed by atoms with Crippen molar-refractivity contribution in [3.05, 3.63) is 44.8 Å². The number of hydrogen-bond donors (Lipinski definition) is 0. The standard InChI is InChI=1S/C11H7Br2FS/c12-6-9-5-10(11(13)15-9)7-1-3-8(14)4-2-7/h1-5H,6H2. The number of thiophene rings is 1. The molecule has 1 aromatic carbocycles. The van der Waals surface area contributed by atoms with Crippen LogP contribution >= 0.6 is 43.2 Å². The van der Waals surface area contributed by atoms with Crippen LogP contribution in [0.2, 0.25) is 0 Å². The predicted molar refractivity (Wildman–Crippen MR) is 70.0 cm³/mol. The van der Waals surface area contributed by atoms with Crippen molar-refractivity contribution in [3.8, 4) is 11.1 Å². The zero-order chi connectivity index (χ0) is 10.8. The molecule has 0 amide bonds. The smallest absolute Gasteiger partial charge is 0.123 e. The summed E-state index contributed by atoms with van der Waals surface area (Å²) in [5.74, 6) is -0.203. The first-order chi connectivity index (χ1) is 7.20. The van der Waals surface area contributed by atoms with Crippen molar-refractivity contribution in [2.75, 3.05) is 0 Å². The van der Waals surface area contributed by atoms with Crippen LogP contribution in [0.4, 0.5) is 4.39 Å². The topological polar surface area (TPSA) is 0 Å². The monoisotopic (exact) mass is 348 g/mol. The third-order valence-corrected chi connectivity index (χ3v) is 4.84. The van der Waals surface area contributed by atoms with Crippen molar-refractivity contribution in [3.63, 3.8) is 0 Å². The van der Waals surface area contributed by atoms with Gasteiger partial charge in [-0.2, -0.15) is 0 Å². The summed E-state index contributed by atoms with van der Waals surface area (Å²) in [6.07, 6.45) is 0. The van der Waals surface area contributed by atoms with E-state index in [-0.39, 0.29) is 5.82 Å². The van der Waals surface area contributed by atoms with Crippen LogP contribution in [-0.4, -0.2) is 0 Å². The first-order valence-corrected chi connectivity index (χ1v) is 7.04. The van der Waals surface area contributed by atoms with Gasteiger partial charge in [-0.25, -0.2) is 4.39 Å². The number of halogens is 3. The number of hydrogen-bond acceptors (Lipinski definition) is 1. The molecule has 0 fully saturated rings. The molecule has 78 valence electrons. The summed E-state index contributed by atoms with van der Waals surface area (Å²) in [7, 11) is 0. The van der Waals surface area contributed by atoms with Crippen molar-refractivity contribution >= 4 is 43.2 Å². The Morgan fingerprint density at radius 1 is 1.20 bits per heavy atom. The lowest BCUT2D eigenvalue weighted by Gasteiger charge is -1.98. The maximum Gasteiger partial charge on any atom is 0.123 e. The lowest BCUT2D eigenvalue weighted by Crippen LogP contribution is -1.76. The minimum atomic E-state index is -0.203. The number of alkyl halides is 1. The van der Waals surface area contributed by atoms with Crippen LogP contribution in [0, 0.1) is 5.82 Å². The fraction of sp³-hybridized carbons (Fsp3) is 0.0909. The third-order valence-electron chi connectivity index (χ3n) is 2.02.